The number of aliphatic imine (C=N–C) groups is 1. The van der Waals surface area contributed by atoms with Crippen LogP contribution in [-0.2, 0) is 6.42 Å². The summed E-state index contributed by atoms with van der Waals surface area (Å²) in [5, 5.41) is 10.6. The predicted molar refractivity (Wildman–Crippen MR) is 82.2 cm³/mol. The van der Waals surface area contributed by atoms with Gasteiger partial charge in [-0.15, -0.1) is 17.9 Å². The molecule has 5 heteroatoms. The van der Waals surface area contributed by atoms with E-state index in [1.807, 2.05) is 14.1 Å². The van der Waals surface area contributed by atoms with Crippen molar-refractivity contribution < 1.29 is 4.39 Å². The lowest BCUT2D eigenvalue weighted by atomic mass is 10.0. The zero-order valence-electron chi connectivity index (χ0n) is 11.4. The lowest BCUT2D eigenvalue weighted by Crippen LogP contribution is -2.06. The minimum atomic E-state index is -0.319. The summed E-state index contributed by atoms with van der Waals surface area (Å²) in [5.74, 6) is -0.319. The number of halogens is 1. The monoisotopic (exact) mass is 287 g/mol. The number of nitriles is 1. The Hall–Kier alpha value is -2.19. The number of thiophene rings is 1. The molecule has 0 aliphatic rings. The van der Waals surface area contributed by atoms with Crippen molar-refractivity contribution in [2.45, 2.75) is 6.42 Å². The van der Waals surface area contributed by atoms with E-state index in [0.29, 0.717) is 27.1 Å². The van der Waals surface area contributed by atoms with Gasteiger partial charge in [-0.1, -0.05) is 12.1 Å². The van der Waals surface area contributed by atoms with E-state index in [4.69, 9.17) is 0 Å². The van der Waals surface area contributed by atoms with Crippen molar-refractivity contribution in [3.63, 3.8) is 0 Å². The Morgan fingerprint density at radius 1 is 1.50 bits per heavy atom. The van der Waals surface area contributed by atoms with Gasteiger partial charge < -0.3 is 4.90 Å². The second kappa shape index (κ2) is 5.85. The normalized spacial score (nSPS) is 10.9. The number of rotatable bonds is 4. The number of hydrogen-bond acceptors (Lipinski definition) is 3. The number of fused-ring (bicyclic) bond motifs is 1. The first-order valence-corrected chi connectivity index (χ1v) is 6.85. The molecule has 1 aromatic heterocycles. The first kappa shape index (κ1) is 14.2. The zero-order chi connectivity index (χ0) is 14.7. The van der Waals surface area contributed by atoms with E-state index in [9.17, 15) is 9.65 Å². The maximum Gasteiger partial charge on any atom is 0.141 e. The third-order valence-electron chi connectivity index (χ3n) is 2.74. The zero-order valence-corrected chi connectivity index (χ0v) is 12.2. The topological polar surface area (TPSA) is 39.4 Å². The predicted octanol–water partition coefficient (Wildman–Crippen LogP) is 3.86. The molecule has 0 N–H and O–H groups in total. The van der Waals surface area contributed by atoms with Gasteiger partial charge in [0, 0.05) is 19.5 Å². The van der Waals surface area contributed by atoms with Gasteiger partial charge in [0.05, 0.1) is 16.6 Å². The summed E-state index contributed by atoms with van der Waals surface area (Å²) in [6.07, 6.45) is 3.95. The molecule has 0 aliphatic heterocycles. The van der Waals surface area contributed by atoms with Crippen molar-refractivity contribution in [2.75, 3.05) is 14.1 Å². The molecule has 0 radical (unpaired) electrons. The van der Waals surface area contributed by atoms with Gasteiger partial charge in [0.1, 0.15) is 16.9 Å². The van der Waals surface area contributed by atoms with Gasteiger partial charge in [-0.2, -0.15) is 5.26 Å². The second-order valence-electron chi connectivity index (χ2n) is 4.51. The van der Waals surface area contributed by atoms with Crippen molar-refractivity contribution >= 4 is 32.8 Å². The molecule has 0 aliphatic carbocycles. The SMILES string of the molecule is C=CCc1ccc(F)c2sc(/N=C/N(C)C)c(C#N)c12. The van der Waals surface area contributed by atoms with Gasteiger partial charge in [0.25, 0.3) is 0 Å². The van der Waals surface area contributed by atoms with Crippen molar-refractivity contribution in [3.05, 3.63) is 41.7 Å². The maximum absolute atomic E-state index is 13.9. The maximum atomic E-state index is 13.9. The fourth-order valence-electron chi connectivity index (χ4n) is 1.91. The van der Waals surface area contributed by atoms with Crippen molar-refractivity contribution in [2.24, 2.45) is 4.99 Å². The number of benzene rings is 1. The number of nitrogens with zero attached hydrogens (tertiary/aromatic N) is 3. The molecule has 0 unspecified atom stereocenters. The van der Waals surface area contributed by atoms with Crippen molar-refractivity contribution in [3.8, 4) is 6.07 Å². The van der Waals surface area contributed by atoms with Gasteiger partial charge in [0.2, 0.25) is 0 Å². The van der Waals surface area contributed by atoms with Crippen LogP contribution >= 0.6 is 11.3 Å². The highest BCUT2D eigenvalue weighted by molar-refractivity contribution is 7.23. The Kier molecular flexibility index (Phi) is 4.16. The quantitative estimate of drug-likeness (QED) is 0.486. The van der Waals surface area contributed by atoms with Crippen LogP contribution in [0.5, 0.6) is 0 Å². The Labute approximate surface area is 121 Å². The summed E-state index contributed by atoms with van der Waals surface area (Å²) in [4.78, 5) is 6.03. The van der Waals surface area contributed by atoms with Crippen LogP contribution in [0.25, 0.3) is 10.1 Å². The van der Waals surface area contributed by atoms with E-state index in [0.717, 1.165) is 5.56 Å². The highest BCUT2D eigenvalue weighted by atomic mass is 32.1. The Bertz CT molecular complexity index is 723. The van der Waals surface area contributed by atoms with E-state index < -0.39 is 0 Å². The molecule has 20 heavy (non-hydrogen) atoms. The summed E-state index contributed by atoms with van der Waals surface area (Å²) >= 11 is 1.20. The van der Waals surface area contributed by atoms with Gasteiger partial charge in [-0.05, 0) is 18.1 Å². The van der Waals surface area contributed by atoms with Crippen molar-refractivity contribution in [1.82, 2.24) is 4.90 Å². The van der Waals surface area contributed by atoms with Crippen LogP contribution in [-0.4, -0.2) is 25.3 Å². The minimum Gasteiger partial charge on any atom is -0.369 e. The first-order valence-electron chi connectivity index (χ1n) is 6.04. The molecule has 1 aromatic carbocycles. The molecule has 0 atom stereocenters. The van der Waals surface area contributed by atoms with E-state index in [1.54, 1.807) is 23.4 Å². The summed E-state index contributed by atoms with van der Waals surface area (Å²) in [6, 6.07) is 5.28. The number of allylic oxidation sites excluding steroid dienone is 1. The van der Waals surface area contributed by atoms with Gasteiger partial charge in [0.15, 0.2) is 0 Å². The smallest absolute Gasteiger partial charge is 0.141 e. The molecular weight excluding hydrogens is 273 g/mol. The summed E-state index contributed by atoms with van der Waals surface area (Å²) in [5.41, 5.74) is 1.33. The van der Waals surface area contributed by atoms with Crippen LogP contribution in [0, 0.1) is 17.1 Å². The molecule has 3 nitrogen and oxygen atoms in total. The van der Waals surface area contributed by atoms with Gasteiger partial charge in [-0.3, -0.25) is 0 Å². The van der Waals surface area contributed by atoms with Crippen LogP contribution in [0.2, 0.25) is 0 Å². The third kappa shape index (κ3) is 2.56. The average molecular weight is 287 g/mol. The van der Waals surface area contributed by atoms with Crippen molar-refractivity contribution in [1.29, 1.82) is 5.26 Å². The molecule has 0 saturated carbocycles. The third-order valence-corrected chi connectivity index (χ3v) is 3.85. The first-order chi connectivity index (χ1) is 9.58. The van der Waals surface area contributed by atoms with Crippen LogP contribution in [0.4, 0.5) is 9.39 Å². The summed E-state index contributed by atoms with van der Waals surface area (Å²) in [6.45, 7) is 3.70. The fraction of sp³-hybridized carbons (Fsp3) is 0.200. The standard InChI is InChI=1S/C15H14FN3S/c1-4-5-10-6-7-12(16)14-13(10)11(8-17)15(20-14)18-9-19(2)3/h4,6-7,9H,1,5H2,2-3H3/b18-9+. The molecule has 0 amide bonds. The van der Waals surface area contributed by atoms with Gasteiger partial charge >= 0.3 is 0 Å². The Morgan fingerprint density at radius 2 is 2.25 bits per heavy atom. The minimum absolute atomic E-state index is 0.319. The highest BCUT2D eigenvalue weighted by Crippen LogP contribution is 2.40. The Morgan fingerprint density at radius 3 is 2.85 bits per heavy atom. The molecule has 0 bridgehead atoms. The molecule has 0 spiro atoms. The summed E-state index contributed by atoms with van der Waals surface area (Å²) in [7, 11) is 3.68. The average Bonchev–Trinajstić information content (AvgIpc) is 2.79. The largest absolute Gasteiger partial charge is 0.369 e. The highest BCUT2D eigenvalue weighted by Gasteiger charge is 2.17. The lowest BCUT2D eigenvalue weighted by molar-refractivity contribution is 0.641. The fourth-order valence-corrected chi connectivity index (χ4v) is 2.96. The van der Waals surface area contributed by atoms with Gasteiger partial charge in [-0.25, -0.2) is 9.38 Å². The Balaban J connectivity index is 2.74. The van der Waals surface area contributed by atoms with E-state index in [1.165, 1.54) is 17.4 Å². The van der Waals surface area contributed by atoms with E-state index in [-0.39, 0.29) is 5.82 Å². The van der Waals surface area contributed by atoms with Crippen LogP contribution in [0.3, 0.4) is 0 Å². The van der Waals surface area contributed by atoms with Crippen LogP contribution in [0.1, 0.15) is 11.1 Å². The molecule has 2 rings (SSSR count). The van der Waals surface area contributed by atoms with E-state index in [2.05, 4.69) is 17.6 Å². The van der Waals surface area contributed by atoms with Crippen LogP contribution < -0.4 is 0 Å². The second-order valence-corrected chi connectivity index (χ2v) is 5.50. The van der Waals surface area contributed by atoms with E-state index >= 15 is 0 Å². The molecule has 0 fully saturated rings. The molecule has 1 heterocycles. The molecule has 2 aromatic rings. The molecule has 0 saturated heterocycles. The number of hydrogen-bond donors (Lipinski definition) is 0. The lowest BCUT2D eigenvalue weighted by Gasteiger charge is -2.02. The van der Waals surface area contributed by atoms with Crippen LogP contribution in [0.15, 0.2) is 29.8 Å². The molecule has 102 valence electrons. The summed E-state index contributed by atoms with van der Waals surface area (Å²) < 4.78 is 14.4. The molecular formula is C15H14FN3S.